The number of guanidine groups is 1. The number of nitrogens with one attached hydrogen (secondary N) is 2. The van der Waals surface area contributed by atoms with Gasteiger partial charge in [-0.3, -0.25) is 4.99 Å². The minimum Gasteiger partial charge on any atom is -0.382 e. The average molecular weight is 284 g/mol. The van der Waals surface area contributed by atoms with Crippen LogP contribution in [0.1, 0.15) is 32.6 Å². The summed E-state index contributed by atoms with van der Waals surface area (Å²) in [6.45, 7) is 8.11. The van der Waals surface area contributed by atoms with Gasteiger partial charge in [-0.05, 0) is 52.1 Å². The first-order valence-electron chi connectivity index (χ1n) is 7.97. The maximum atomic E-state index is 5.33. The molecule has 2 N–H and O–H groups in total. The highest BCUT2D eigenvalue weighted by Crippen LogP contribution is 2.13. The number of aliphatic imine (C=N–C) groups is 1. The highest BCUT2D eigenvalue weighted by Gasteiger charge is 2.16. The molecule has 1 heterocycles. The zero-order valence-electron chi connectivity index (χ0n) is 13.5. The van der Waals surface area contributed by atoms with Gasteiger partial charge in [-0.25, -0.2) is 0 Å². The molecule has 0 saturated carbocycles. The lowest BCUT2D eigenvalue weighted by Crippen LogP contribution is -2.43. The molecule has 0 bridgehead atoms. The van der Waals surface area contributed by atoms with E-state index in [4.69, 9.17) is 4.74 Å². The van der Waals surface area contributed by atoms with Crippen LogP contribution in [-0.4, -0.2) is 64.3 Å². The standard InChI is InChI=1S/C15H32N4O/c1-4-20-11-6-5-9-17-15(16-2)18-12-14-8-7-10-19(3)13-14/h14H,4-13H2,1-3H3,(H2,16,17,18). The van der Waals surface area contributed by atoms with Crippen LogP contribution in [0.25, 0.3) is 0 Å². The monoisotopic (exact) mass is 284 g/mol. The first-order valence-corrected chi connectivity index (χ1v) is 7.97. The van der Waals surface area contributed by atoms with Gasteiger partial charge in [0, 0.05) is 39.9 Å². The molecule has 5 nitrogen and oxygen atoms in total. The molecule has 1 saturated heterocycles. The van der Waals surface area contributed by atoms with E-state index in [1.165, 1.54) is 25.9 Å². The predicted octanol–water partition coefficient (Wildman–Crippen LogP) is 1.31. The third kappa shape index (κ3) is 7.70. The molecule has 0 amide bonds. The third-order valence-electron chi connectivity index (χ3n) is 3.72. The lowest BCUT2D eigenvalue weighted by atomic mass is 9.99. The van der Waals surface area contributed by atoms with Gasteiger partial charge in [0.1, 0.15) is 0 Å². The molecule has 20 heavy (non-hydrogen) atoms. The van der Waals surface area contributed by atoms with E-state index >= 15 is 0 Å². The number of hydrogen-bond acceptors (Lipinski definition) is 3. The first kappa shape index (κ1) is 17.2. The van der Waals surface area contributed by atoms with Crippen LogP contribution in [0.2, 0.25) is 0 Å². The van der Waals surface area contributed by atoms with Crippen molar-refractivity contribution in [1.82, 2.24) is 15.5 Å². The lowest BCUT2D eigenvalue weighted by Gasteiger charge is -2.30. The van der Waals surface area contributed by atoms with Crippen molar-refractivity contribution in [3.05, 3.63) is 0 Å². The van der Waals surface area contributed by atoms with E-state index in [2.05, 4.69) is 27.6 Å². The van der Waals surface area contributed by atoms with E-state index in [-0.39, 0.29) is 0 Å². The molecule has 1 fully saturated rings. The number of ether oxygens (including phenoxy) is 1. The molecule has 1 atom stereocenters. The normalized spacial score (nSPS) is 20.9. The molecule has 0 aromatic carbocycles. The first-order chi connectivity index (χ1) is 9.76. The molecule has 1 rings (SSSR count). The Morgan fingerprint density at radius 1 is 1.35 bits per heavy atom. The Morgan fingerprint density at radius 3 is 2.90 bits per heavy atom. The van der Waals surface area contributed by atoms with Crippen molar-refractivity contribution in [1.29, 1.82) is 0 Å². The fraction of sp³-hybridized carbons (Fsp3) is 0.933. The van der Waals surface area contributed by atoms with E-state index in [1.54, 1.807) is 0 Å². The molecule has 0 aliphatic carbocycles. The highest BCUT2D eigenvalue weighted by molar-refractivity contribution is 5.79. The largest absolute Gasteiger partial charge is 0.382 e. The Morgan fingerprint density at radius 2 is 2.20 bits per heavy atom. The van der Waals surface area contributed by atoms with E-state index < -0.39 is 0 Å². The second kappa shape index (κ2) is 10.9. The highest BCUT2D eigenvalue weighted by atomic mass is 16.5. The van der Waals surface area contributed by atoms with Crippen molar-refractivity contribution in [2.75, 3.05) is 53.5 Å². The van der Waals surface area contributed by atoms with Gasteiger partial charge in [0.25, 0.3) is 0 Å². The molecular weight excluding hydrogens is 252 g/mol. The van der Waals surface area contributed by atoms with Gasteiger partial charge >= 0.3 is 0 Å². The van der Waals surface area contributed by atoms with Crippen molar-refractivity contribution >= 4 is 5.96 Å². The summed E-state index contributed by atoms with van der Waals surface area (Å²) in [6.07, 6.45) is 4.85. The van der Waals surface area contributed by atoms with Crippen molar-refractivity contribution in [3.8, 4) is 0 Å². The van der Waals surface area contributed by atoms with Gasteiger partial charge in [0.2, 0.25) is 0 Å². The maximum absolute atomic E-state index is 5.33. The molecule has 0 aromatic rings. The number of rotatable bonds is 8. The summed E-state index contributed by atoms with van der Waals surface area (Å²) >= 11 is 0. The minimum absolute atomic E-state index is 0.741. The van der Waals surface area contributed by atoms with Crippen molar-refractivity contribution in [3.63, 3.8) is 0 Å². The van der Waals surface area contributed by atoms with Gasteiger partial charge in [-0.2, -0.15) is 0 Å². The topological polar surface area (TPSA) is 48.9 Å². The number of likely N-dealkylation sites (tertiary alicyclic amines) is 1. The van der Waals surface area contributed by atoms with Crippen LogP contribution in [0, 0.1) is 5.92 Å². The molecule has 0 radical (unpaired) electrons. The minimum atomic E-state index is 0.741. The summed E-state index contributed by atoms with van der Waals surface area (Å²) in [5.41, 5.74) is 0. The molecule has 118 valence electrons. The Balaban J connectivity index is 2.07. The molecule has 0 spiro atoms. The van der Waals surface area contributed by atoms with Gasteiger partial charge in [0.15, 0.2) is 5.96 Å². The van der Waals surface area contributed by atoms with Gasteiger partial charge < -0.3 is 20.3 Å². The molecule has 1 aliphatic heterocycles. The molecular formula is C15H32N4O. The predicted molar refractivity (Wildman–Crippen MR) is 85.3 cm³/mol. The number of hydrogen-bond donors (Lipinski definition) is 2. The van der Waals surface area contributed by atoms with Crippen molar-refractivity contribution in [2.45, 2.75) is 32.6 Å². The zero-order valence-corrected chi connectivity index (χ0v) is 13.5. The van der Waals surface area contributed by atoms with Crippen molar-refractivity contribution in [2.24, 2.45) is 10.9 Å². The van der Waals surface area contributed by atoms with E-state index in [1.807, 2.05) is 14.0 Å². The smallest absolute Gasteiger partial charge is 0.190 e. The fourth-order valence-corrected chi connectivity index (χ4v) is 2.58. The summed E-state index contributed by atoms with van der Waals surface area (Å²) in [6, 6.07) is 0. The quantitative estimate of drug-likeness (QED) is 0.401. The Hall–Kier alpha value is -0.810. The second-order valence-corrected chi connectivity index (χ2v) is 5.55. The van der Waals surface area contributed by atoms with Crippen LogP contribution in [0.5, 0.6) is 0 Å². The number of unbranched alkanes of at least 4 members (excludes halogenated alkanes) is 1. The SMILES string of the molecule is CCOCCCCNC(=NC)NCC1CCCN(C)C1. The summed E-state index contributed by atoms with van der Waals surface area (Å²) < 4.78 is 5.33. The van der Waals surface area contributed by atoms with Crippen molar-refractivity contribution < 1.29 is 4.74 Å². The fourth-order valence-electron chi connectivity index (χ4n) is 2.58. The van der Waals surface area contributed by atoms with Crippen LogP contribution in [0.3, 0.4) is 0 Å². The molecule has 0 aromatic heterocycles. The van der Waals surface area contributed by atoms with Gasteiger partial charge in [-0.15, -0.1) is 0 Å². The summed E-state index contributed by atoms with van der Waals surface area (Å²) in [7, 11) is 4.04. The van der Waals surface area contributed by atoms with Gasteiger partial charge in [0.05, 0.1) is 0 Å². The Kier molecular flexibility index (Phi) is 9.41. The molecule has 5 heteroatoms. The van der Waals surface area contributed by atoms with Crippen LogP contribution in [-0.2, 0) is 4.74 Å². The van der Waals surface area contributed by atoms with Gasteiger partial charge in [-0.1, -0.05) is 0 Å². The zero-order chi connectivity index (χ0) is 14.6. The second-order valence-electron chi connectivity index (χ2n) is 5.55. The summed E-state index contributed by atoms with van der Waals surface area (Å²) in [4.78, 5) is 6.69. The summed E-state index contributed by atoms with van der Waals surface area (Å²) in [5, 5.41) is 6.81. The summed E-state index contributed by atoms with van der Waals surface area (Å²) in [5.74, 6) is 1.67. The van der Waals surface area contributed by atoms with E-state index in [0.29, 0.717) is 0 Å². The van der Waals surface area contributed by atoms with E-state index in [9.17, 15) is 0 Å². The average Bonchev–Trinajstić information content (AvgIpc) is 2.46. The van der Waals surface area contributed by atoms with E-state index in [0.717, 1.165) is 51.0 Å². The third-order valence-corrected chi connectivity index (χ3v) is 3.72. The number of piperidine rings is 1. The molecule has 1 aliphatic rings. The van der Waals surface area contributed by atoms with Crippen LogP contribution >= 0.6 is 0 Å². The number of nitrogens with zero attached hydrogens (tertiary/aromatic N) is 2. The Bertz CT molecular complexity index is 271. The van der Waals surface area contributed by atoms with Crippen LogP contribution in [0.4, 0.5) is 0 Å². The lowest BCUT2D eigenvalue weighted by molar-refractivity contribution is 0.143. The van der Waals surface area contributed by atoms with Crippen LogP contribution in [0.15, 0.2) is 4.99 Å². The Labute approximate surface area is 124 Å². The van der Waals surface area contributed by atoms with Crippen LogP contribution < -0.4 is 10.6 Å². The maximum Gasteiger partial charge on any atom is 0.190 e. The molecule has 1 unspecified atom stereocenters.